The fraction of sp³-hybridized carbons (Fsp3) is 0.346. The first-order valence-corrected chi connectivity index (χ1v) is 14.7. The largest absolute Gasteiger partial charge is 0.308 e. The first-order chi connectivity index (χ1) is 17.3. The second kappa shape index (κ2) is 10.6. The SMILES string of the molecule is O=C1C(NS(=O)(=O)c2ccc(Cl)s2)CCCN1c1ccc(-c2ccccc2CN2CCCC2)cc1F. The Hall–Kier alpha value is -2.30. The quantitative estimate of drug-likeness (QED) is 0.437. The highest BCUT2D eigenvalue weighted by atomic mass is 35.5. The minimum absolute atomic E-state index is 0.0422. The lowest BCUT2D eigenvalue weighted by atomic mass is 9.98. The predicted molar refractivity (Wildman–Crippen MR) is 141 cm³/mol. The number of rotatable bonds is 7. The summed E-state index contributed by atoms with van der Waals surface area (Å²) in [6, 6.07) is 14.9. The highest BCUT2D eigenvalue weighted by Crippen LogP contribution is 2.32. The number of nitrogens with zero attached hydrogens (tertiary/aromatic N) is 2. The van der Waals surface area contributed by atoms with Gasteiger partial charge in [0.25, 0.3) is 10.0 Å². The first kappa shape index (κ1) is 25.4. The Balaban J connectivity index is 1.36. The molecule has 1 aromatic heterocycles. The number of carbonyl (C=O) groups excluding carboxylic acids is 1. The molecule has 3 heterocycles. The number of hydrogen-bond donors (Lipinski definition) is 1. The zero-order chi connectivity index (χ0) is 25.3. The van der Waals surface area contributed by atoms with Gasteiger partial charge in [-0.15, -0.1) is 11.3 Å². The average Bonchev–Trinajstić information content (AvgIpc) is 3.53. The van der Waals surface area contributed by atoms with Gasteiger partial charge in [-0.05, 0) is 79.7 Å². The molecule has 0 saturated carbocycles. The molecule has 1 amide bonds. The van der Waals surface area contributed by atoms with Gasteiger partial charge in [0.15, 0.2) is 0 Å². The Labute approximate surface area is 219 Å². The molecule has 2 saturated heterocycles. The van der Waals surface area contributed by atoms with Crippen LogP contribution in [0.1, 0.15) is 31.2 Å². The Bertz CT molecular complexity index is 1370. The Morgan fingerprint density at radius 2 is 1.81 bits per heavy atom. The summed E-state index contributed by atoms with van der Waals surface area (Å²) >= 11 is 6.80. The van der Waals surface area contributed by atoms with Crippen molar-refractivity contribution in [2.45, 2.75) is 42.5 Å². The van der Waals surface area contributed by atoms with Gasteiger partial charge in [-0.1, -0.05) is 41.9 Å². The van der Waals surface area contributed by atoms with Crippen LogP contribution < -0.4 is 9.62 Å². The highest BCUT2D eigenvalue weighted by Gasteiger charge is 2.34. The second-order valence-electron chi connectivity index (χ2n) is 9.17. The monoisotopic (exact) mass is 547 g/mol. The Morgan fingerprint density at radius 3 is 2.53 bits per heavy atom. The molecule has 6 nitrogen and oxygen atoms in total. The zero-order valence-corrected chi connectivity index (χ0v) is 22.0. The number of amides is 1. The lowest BCUT2D eigenvalue weighted by Gasteiger charge is -2.32. The number of piperidine rings is 1. The molecular weight excluding hydrogens is 521 g/mol. The fourth-order valence-electron chi connectivity index (χ4n) is 4.93. The van der Waals surface area contributed by atoms with Crippen LogP contribution in [0.2, 0.25) is 4.34 Å². The van der Waals surface area contributed by atoms with Crippen molar-refractivity contribution in [2.75, 3.05) is 24.5 Å². The number of benzene rings is 2. The summed E-state index contributed by atoms with van der Waals surface area (Å²) in [5.74, 6) is -0.973. The molecule has 0 aliphatic carbocycles. The lowest BCUT2D eigenvalue weighted by Crippen LogP contribution is -2.52. The molecule has 3 aromatic rings. The van der Waals surface area contributed by atoms with Crippen LogP contribution in [0.4, 0.5) is 10.1 Å². The molecule has 36 heavy (non-hydrogen) atoms. The minimum atomic E-state index is -3.91. The molecule has 2 aliphatic rings. The summed E-state index contributed by atoms with van der Waals surface area (Å²) in [7, 11) is -3.91. The average molecular weight is 548 g/mol. The van der Waals surface area contributed by atoms with Gasteiger partial charge >= 0.3 is 0 Å². The fourth-order valence-corrected chi connectivity index (χ4v) is 7.65. The van der Waals surface area contributed by atoms with Gasteiger partial charge in [0.05, 0.1) is 10.0 Å². The summed E-state index contributed by atoms with van der Waals surface area (Å²) in [5.41, 5.74) is 3.02. The topological polar surface area (TPSA) is 69.7 Å². The van der Waals surface area contributed by atoms with Crippen LogP contribution in [-0.4, -0.2) is 44.9 Å². The summed E-state index contributed by atoms with van der Waals surface area (Å²) < 4.78 is 43.7. The van der Waals surface area contributed by atoms with E-state index < -0.39 is 27.8 Å². The number of thiophene rings is 1. The van der Waals surface area contributed by atoms with Gasteiger partial charge in [-0.2, -0.15) is 4.72 Å². The zero-order valence-electron chi connectivity index (χ0n) is 19.6. The van der Waals surface area contributed by atoms with Crippen molar-refractivity contribution in [1.29, 1.82) is 0 Å². The second-order valence-corrected chi connectivity index (χ2v) is 12.8. The van der Waals surface area contributed by atoms with Gasteiger partial charge in [0.2, 0.25) is 5.91 Å². The van der Waals surface area contributed by atoms with Crippen molar-refractivity contribution in [1.82, 2.24) is 9.62 Å². The third kappa shape index (κ3) is 5.35. The maximum atomic E-state index is 15.4. The van der Waals surface area contributed by atoms with Crippen molar-refractivity contribution < 1.29 is 17.6 Å². The van der Waals surface area contributed by atoms with Crippen LogP contribution in [0.3, 0.4) is 0 Å². The van der Waals surface area contributed by atoms with Crippen molar-refractivity contribution >= 4 is 44.6 Å². The summed E-state index contributed by atoms with van der Waals surface area (Å²) in [6.07, 6.45) is 3.29. The molecule has 0 radical (unpaired) electrons. The first-order valence-electron chi connectivity index (χ1n) is 12.0. The van der Waals surface area contributed by atoms with E-state index in [1.54, 1.807) is 6.07 Å². The number of likely N-dealkylation sites (tertiary alicyclic amines) is 1. The Morgan fingerprint density at radius 1 is 1.03 bits per heavy atom. The van der Waals surface area contributed by atoms with Crippen LogP contribution >= 0.6 is 22.9 Å². The van der Waals surface area contributed by atoms with E-state index in [2.05, 4.69) is 15.7 Å². The van der Waals surface area contributed by atoms with Gasteiger partial charge < -0.3 is 4.90 Å². The summed E-state index contributed by atoms with van der Waals surface area (Å²) in [6.45, 7) is 3.29. The van der Waals surface area contributed by atoms with Gasteiger partial charge in [0.1, 0.15) is 16.1 Å². The number of carbonyl (C=O) groups is 1. The van der Waals surface area contributed by atoms with Crippen LogP contribution in [0, 0.1) is 5.82 Å². The molecule has 1 unspecified atom stereocenters. The highest BCUT2D eigenvalue weighted by molar-refractivity contribution is 7.91. The molecule has 0 spiro atoms. The molecule has 1 atom stereocenters. The van der Waals surface area contributed by atoms with Crippen molar-refractivity contribution in [3.05, 3.63) is 70.3 Å². The van der Waals surface area contributed by atoms with Crippen molar-refractivity contribution in [2.24, 2.45) is 0 Å². The molecule has 10 heteroatoms. The number of nitrogens with one attached hydrogen (secondary N) is 1. The van der Waals surface area contributed by atoms with Crippen LogP contribution in [0.25, 0.3) is 11.1 Å². The van der Waals surface area contributed by atoms with Gasteiger partial charge in [-0.3, -0.25) is 9.69 Å². The van der Waals surface area contributed by atoms with E-state index in [0.717, 1.165) is 47.7 Å². The van der Waals surface area contributed by atoms with Crippen molar-refractivity contribution in [3.63, 3.8) is 0 Å². The van der Waals surface area contributed by atoms with E-state index in [1.807, 2.05) is 24.3 Å². The van der Waals surface area contributed by atoms with Crippen molar-refractivity contribution in [3.8, 4) is 11.1 Å². The standard InChI is InChI=1S/C26H27ClFN3O3S2/c27-24-11-12-25(35-24)36(33,34)29-22-8-5-15-31(26(22)32)23-10-9-18(16-21(23)28)20-7-2-1-6-19(20)17-30-13-3-4-14-30/h1-2,6-7,9-12,16,22,29H,3-5,8,13-15,17H2. The van der Waals surface area contributed by atoms with E-state index in [1.165, 1.54) is 35.9 Å². The number of halogens is 2. The Kier molecular flexibility index (Phi) is 7.46. The predicted octanol–water partition coefficient (Wildman–Crippen LogP) is 5.28. The lowest BCUT2D eigenvalue weighted by molar-refractivity contribution is -0.121. The molecule has 2 fully saturated rings. The normalized spacial score (nSPS) is 19.2. The van der Waals surface area contributed by atoms with E-state index in [-0.39, 0.29) is 9.90 Å². The number of anilines is 1. The van der Waals surface area contributed by atoms with Crippen LogP contribution in [0.15, 0.2) is 58.8 Å². The third-order valence-electron chi connectivity index (χ3n) is 6.71. The molecule has 2 aliphatic heterocycles. The van der Waals surface area contributed by atoms with E-state index in [4.69, 9.17) is 11.6 Å². The number of sulfonamides is 1. The minimum Gasteiger partial charge on any atom is -0.308 e. The molecule has 190 valence electrons. The smallest absolute Gasteiger partial charge is 0.250 e. The number of hydrogen-bond acceptors (Lipinski definition) is 5. The van der Waals surface area contributed by atoms with Gasteiger partial charge in [-0.25, -0.2) is 12.8 Å². The molecule has 1 N–H and O–H groups in total. The molecule has 5 rings (SSSR count). The van der Waals surface area contributed by atoms with Crippen LogP contribution in [0.5, 0.6) is 0 Å². The maximum absolute atomic E-state index is 15.4. The molecular formula is C26H27ClFN3O3S2. The third-order valence-corrected chi connectivity index (χ3v) is 9.90. The molecule has 0 bridgehead atoms. The molecule has 2 aromatic carbocycles. The van der Waals surface area contributed by atoms with E-state index in [0.29, 0.717) is 23.7 Å². The summed E-state index contributed by atoms with van der Waals surface area (Å²) in [5, 5.41) is 0. The van der Waals surface area contributed by atoms with Crippen LogP contribution in [-0.2, 0) is 21.4 Å². The summed E-state index contributed by atoms with van der Waals surface area (Å²) in [4.78, 5) is 16.9. The maximum Gasteiger partial charge on any atom is 0.250 e. The van der Waals surface area contributed by atoms with E-state index >= 15 is 4.39 Å². The van der Waals surface area contributed by atoms with Gasteiger partial charge in [0, 0.05) is 13.1 Å². The van der Waals surface area contributed by atoms with E-state index in [9.17, 15) is 13.2 Å².